The number of carbonyl (C=O) groups excluding carboxylic acids is 1. The zero-order valence-corrected chi connectivity index (χ0v) is 13.9. The number of ether oxygens (including phenoxy) is 2. The molecule has 1 N–H and O–H groups in total. The van der Waals surface area contributed by atoms with Crippen LogP contribution in [0, 0.1) is 0 Å². The Hall–Kier alpha value is -3.35. The summed E-state index contributed by atoms with van der Waals surface area (Å²) in [5.74, 6) is 0.813. The van der Waals surface area contributed by atoms with Crippen LogP contribution in [0.25, 0.3) is 11.5 Å². The number of methoxy groups -OCH3 is 2. The molecule has 7 heteroatoms. The molecule has 1 aromatic heterocycles. The highest BCUT2D eigenvalue weighted by atomic mass is 16.5. The maximum Gasteiger partial charge on any atom is 0.341 e. The first-order chi connectivity index (χ1) is 12.2. The van der Waals surface area contributed by atoms with Crippen molar-refractivity contribution in [3.8, 4) is 17.2 Å². The average Bonchev–Trinajstić information content (AvgIpc) is 3.15. The highest BCUT2D eigenvalue weighted by Gasteiger charge is 2.14. The van der Waals surface area contributed by atoms with Gasteiger partial charge in [-0.2, -0.15) is 4.98 Å². The van der Waals surface area contributed by atoms with Gasteiger partial charge in [0.1, 0.15) is 11.3 Å². The standard InChI is InChI=1S/C18H17N3O4/c1-23-15-9-8-12(10-14(15)17(22)24-2)11-19-18-20-16(25-21-18)13-6-4-3-5-7-13/h3-10H,11H2,1-2H3,(H,19,21). The predicted molar refractivity (Wildman–Crippen MR) is 91.4 cm³/mol. The van der Waals surface area contributed by atoms with Gasteiger partial charge >= 0.3 is 5.97 Å². The van der Waals surface area contributed by atoms with Crippen LogP contribution in [-0.2, 0) is 11.3 Å². The van der Waals surface area contributed by atoms with Gasteiger partial charge in [0.05, 0.1) is 14.2 Å². The summed E-state index contributed by atoms with van der Waals surface area (Å²) in [6, 6.07) is 14.8. The van der Waals surface area contributed by atoms with Crippen molar-refractivity contribution < 1.29 is 18.8 Å². The molecule has 0 saturated carbocycles. The molecule has 1 heterocycles. The topological polar surface area (TPSA) is 86.5 Å². The van der Waals surface area contributed by atoms with Gasteiger partial charge in [-0.3, -0.25) is 0 Å². The first kappa shape index (κ1) is 16.5. The molecular formula is C18H17N3O4. The Balaban J connectivity index is 1.72. The Bertz CT molecular complexity index is 862. The van der Waals surface area contributed by atoms with E-state index in [2.05, 4.69) is 15.5 Å². The molecule has 0 fully saturated rings. The molecule has 0 aliphatic heterocycles. The smallest absolute Gasteiger partial charge is 0.341 e. The summed E-state index contributed by atoms with van der Waals surface area (Å²) < 4.78 is 15.2. The molecule has 3 rings (SSSR count). The number of benzene rings is 2. The lowest BCUT2D eigenvalue weighted by Crippen LogP contribution is -2.07. The molecule has 2 aromatic carbocycles. The zero-order valence-electron chi connectivity index (χ0n) is 13.9. The molecular weight excluding hydrogens is 322 g/mol. The van der Waals surface area contributed by atoms with Gasteiger partial charge in [0.2, 0.25) is 0 Å². The number of anilines is 1. The van der Waals surface area contributed by atoms with Crippen molar-refractivity contribution >= 4 is 11.9 Å². The van der Waals surface area contributed by atoms with Gasteiger partial charge in [0.25, 0.3) is 11.8 Å². The molecule has 0 aliphatic carbocycles. The fourth-order valence-corrected chi connectivity index (χ4v) is 2.31. The van der Waals surface area contributed by atoms with Gasteiger partial charge < -0.3 is 19.3 Å². The molecule has 0 unspecified atom stereocenters. The monoisotopic (exact) mass is 339 g/mol. The second kappa shape index (κ2) is 7.48. The van der Waals surface area contributed by atoms with E-state index in [1.165, 1.54) is 14.2 Å². The van der Waals surface area contributed by atoms with Crippen LogP contribution in [0.15, 0.2) is 53.1 Å². The molecule has 0 bridgehead atoms. The number of hydrogen-bond acceptors (Lipinski definition) is 7. The second-order valence-electron chi connectivity index (χ2n) is 5.17. The first-order valence-electron chi connectivity index (χ1n) is 7.59. The van der Waals surface area contributed by atoms with Crippen molar-refractivity contribution in [2.24, 2.45) is 0 Å². The fraction of sp³-hybridized carbons (Fsp3) is 0.167. The van der Waals surface area contributed by atoms with Crippen molar-refractivity contribution in [2.75, 3.05) is 19.5 Å². The number of nitrogens with one attached hydrogen (secondary N) is 1. The highest BCUT2D eigenvalue weighted by molar-refractivity contribution is 5.92. The molecule has 128 valence electrons. The van der Waals surface area contributed by atoms with E-state index >= 15 is 0 Å². The van der Waals surface area contributed by atoms with Crippen molar-refractivity contribution in [1.29, 1.82) is 0 Å². The van der Waals surface area contributed by atoms with Gasteiger partial charge in [0, 0.05) is 12.1 Å². The van der Waals surface area contributed by atoms with Gasteiger partial charge in [-0.1, -0.05) is 24.3 Å². The Morgan fingerprint density at radius 2 is 1.96 bits per heavy atom. The SMILES string of the molecule is COC(=O)c1cc(CNc2noc(-c3ccccc3)n2)ccc1OC. The molecule has 0 amide bonds. The van der Waals surface area contributed by atoms with Crippen LogP contribution >= 0.6 is 0 Å². The van der Waals surface area contributed by atoms with Gasteiger partial charge in [-0.25, -0.2) is 4.79 Å². The van der Waals surface area contributed by atoms with Crippen molar-refractivity contribution in [3.05, 3.63) is 59.7 Å². The molecule has 0 radical (unpaired) electrons. The summed E-state index contributed by atoms with van der Waals surface area (Å²) in [7, 11) is 2.83. The van der Waals surface area contributed by atoms with Gasteiger partial charge in [-0.05, 0) is 35.0 Å². The Labute approximate surface area is 144 Å². The molecule has 0 saturated heterocycles. The number of nitrogens with zero attached hydrogens (tertiary/aromatic N) is 2. The third kappa shape index (κ3) is 3.77. The average molecular weight is 339 g/mol. The number of esters is 1. The van der Waals surface area contributed by atoms with Crippen LogP contribution in [0.5, 0.6) is 5.75 Å². The van der Waals surface area contributed by atoms with E-state index in [1.807, 2.05) is 36.4 Å². The van der Waals surface area contributed by atoms with Crippen LogP contribution < -0.4 is 10.1 Å². The minimum absolute atomic E-state index is 0.363. The van der Waals surface area contributed by atoms with Gasteiger partial charge in [-0.15, -0.1) is 0 Å². The molecule has 25 heavy (non-hydrogen) atoms. The zero-order chi connectivity index (χ0) is 17.6. The van der Waals surface area contributed by atoms with Crippen LogP contribution in [0.3, 0.4) is 0 Å². The van der Waals surface area contributed by atoms with E-state index in [9.17, 15) is 4.79 Å². The Morgan fingerprint density at radius 1 is 1.16 bits per heavy atom. The van der Waals surface area contributed by atoms with Crippen LogP contribution in [0.4, 0.5) is 5.95 Å². The summed E-state index contributed by atoms with van der Waals surface area (Å²) >= 11 is 0. The summed E-state index contributed by atoms with van der Waals surface area (Å²) in [6.45, 7) is 0.418. The minimum Gasteiger partial charge on any atom is -0.496 e. The Kier molecular flexibility index (Phi) is 4.94. The van der Waals surface area contributed by atoms with Crippen LogP contribution in [-0.4, -0.2) is 30.3 Å². The normalized spacial score (nSPS) is 10.3. The van der Waals surface area contributed by atoms with Crippen LogP contribution in [0.1, 0.15) is 15.9 Å². The third-order valence-corrected chi connectivity index (χ3v) is 3.57. The molecule has 0 spiro atoms. The van der Waals surface area contributed by atoms with E-state index in [-0.39, 0.29) is 0 Å². The van der Waals surface area contributed by atoms with Crippen molar-refractivity contribution in [1.82, 2.24) is 10.1 Å². The van der Waals surface area contributed by atoms with E-state index in [1.54, 1.807) is 12.1 Å². The molecule has 7 nitrogen and oxygen atoms in total. The number of rotatable bonds is 6. The lowest BCUT2D eigenvalue weighted by molar-refractivity contribution is 0.0597. The summed E-state index contributed by atoms with van der Waals surface area (Å²) in [5, 5.41) is 6.97. The maximum absolute atomic E-state index is 11.8. The summed E-state index contributed by atoms with van der Waals surface area (Å²) in [5.41, 5.74) is 2.06. The van der Waals surface area contributed by atoms with Crippen LogP contribution in [0.2, 0.25) is 0 Å². The van der Waals surface area contributed by atoms with E-state index < -0.39 is 5.97 Å². The second-order valence-corrected chi connectivity index (χ2v) is 5.17. The van der Waals surface area contributed by atoms with E-state index in [0.29, 0.717) is 29.7 Å². The first-order valence-corrected chi connectivity index (χ1v) is 7.59. The number of carbonyl (C=O) groups is 1. The molecule has 3 aromatic rings. The quantitative estimate of drug-likeness (QED) is 0.690. The predicted octanol–water partition coefficient (Wildman–Crippen LogP) is 3.14. The fourth-order valence-electron chi connectivity index (χ4n) is 2.31. The van der Waals surface area contributed by atoms with Crippen molar-refractivity contribution in [2.45, 2.75) is 6.54 Å². The molecule has 0 atom stereocenters. The van der Waals surface area contributed by atoms with E-state index in [0.717, 1.165) is 11.1 Å². The maximum atomic E-state index is 11.8. The lowest BCUT2D eigenvalue weighted by atomic mass is 10.1. The molecule has 0 aliphatic rings. The minimum atomic E-state index is -0.454. The highest BCUT2D eigenvalue weighted by Crippen LogP contribution is 2.22. The number of aromatic nitrogens is 2. The third-order valence-electron chi connectivity index (χ3n) is 3.57. The van der Waals surface area contributed by atoms with E-state index in [4.69, 9.17) is 14.0 Å². The van der Waals surface area contributed by atoms with Crippen molar-refractivity contribution in [3.63, 3.8) is 0 Å². The summed E-state index contributed by atoms with van der Waals surface area (Å²) in [6.07, 6.45) is 0. The largest absolute Gasteiger partial charge is 0.496 e. The Morgan fingerprint density at radius 3 is 2.68 bits per heavy atom. The van der Waals surface area contributed by atoms with Gasteiger partial charge in [0.15, 0.2) is 0 Å². The summed E-state index contributed by atoms with van der Waals surface area (Å²) in [4.78, 5) is 16.1. The lowest BCUT2D eigenvalue weighted by Gasteiger charge is -2.09. The number of hydrogen-bond donors (Lipinski definition) is 1.